The van der Waals surface area contributed by atoms with Crippen molar-refractivity contribution in [2.75, 3.05) is 19.0 Å². The summed E-state index contributed by atoms with van der Waals surface area (Å²) in [6.07, 6.45) is 0.754. The molecule has 2 aromatic carbocycles. The number of hydrogen-bond donors (Lipinski definition) is 1. The lowest BCUT2D eigenvalue weighted by atomic mass is 10.2. The maximum Gasteiger partial charge on any atom is 0.271 e. The van der Waals surface area contributed by atoms with Crippen molar-refractivity contribution in [2.45, 2.75) is 13.0 Å². The summed E-state index contributed by atoms with van der Waals surface area (Å²) in [6, 6.07) is 18.3. The second-order valence-corrected chi connectivity index (χ2v) is 6.98. The van der Waals surface area contributed by atoms with Gasteiger partial charge in [-0.05, 0) is 23.3 Å². The summed E-state index contributed by atoms with van der Waals surface area (Å²) in [5.41, 5.74) is 3.87. The molecule has 25 heavy (non-hydrogen) atoms. The first kappa shape index (κ1) is 17.2. The van der Waals surface area contributed by atoms with E-state index in [9.17, 15) is 4.79 Å². The van der Waals surface area contributed by atoms with E-state index in [1.54, 1.807) is 0 Å². The number of benzene rings is 2. The van der Waals surface area contributed by atoms with Crippen molar-refractivity contribution in [3.05, 3.63) is 81.8 Å². The molecule has 0 fully saturated rings. The van der Waals surface area contributed by atoms with Crippen LogP contribution < -0.4 is 10.2 Å². The quantitative estimate of drug-likeness (QED) is 0.736. The van der Waals surface area contributed by atoms with Gasteiger partial charge in [0.1, 0.15) is 5.69 Å². The lowest BCUT2D eigenvalue weighted by Crippen LogP contribution is -2.23. The minimum Gasteiger partial charge on any atom is -0.378 e. The Balaban J connectivity index is 1.59. The third-order valence-corrected chi connectivity index (χ3v) is 4.71. The van der Waals surface area contributed by atoms with E-state index in [4.69, 9.17) is 0 Å². The minimum atomic E-state index is -0.134. The molecule has 0 aliphatic carbocycles. The summed E-state index contributed by atoms with van der Waals surface area (Å²) in [6.45, 7) is 0.492. The molecule has 1 heterocycles. The van der Waals surface area contributed by atoms with Gasteiger partial charge in [-0.2, -0.15) is 0 Å². The molecule has 0 aliphatic heterocycles. The van der Waals surface area contributed by atoms with Crippen LogP contribution in [0, 0.1) is 0 Å². The number of hydrogen-bond acceptors (Lipinski definition) is 4. The molecule has 0 saturated carbocycles. The summed E-state index contributed by atoms with van der Waals surface area (Å²) in [7, 11) is 4.00. The van der Waals surface area contributed by atoms with Crippen molar-refractivity contribution >= 4 is 22.9 Å². The van der Waals surface area contributed by atoms with Crippen molar-refractivity contribution in [3.8, 4) is 0 Å². The zero-order valence-corrected chi connectivity index (χ0v) is 15.2. The van der Waals surface area contributed by atoms with Gasteiger partial charge < -0.3 is 10.2 Å². The molecule has 5 heteroatoms. The van der Waals surface area contributed by atoms with E-state index in [-0.39, 0.29) is 5.91 Å². The number of aromatic nitrogens is 1. The van der Waals surface area contributed by atoms with E-state index in [0.29, 0.717) is 12.2 Å². The first-order valence-corrected chi connectivity index (χ1v) is 9.02. The van der Waals surface area contributed by atoms with E-state index >= 15 is 0 Å². The number of rotatable bonds is 6. The number of carbonyl (C=O) groups excluding carboxylic acids is 1. The number of thiazole rings is 1. The van der Waals surface area contributed by atoms with Crippen LogP contribution in [0.2, 0.25) is 0 Å². The highest BCUT2D eigenvalue weighted by Gasteiger charge is 2.11. The molecule has 1 N–H and O–H groups in total. The van der Waals surface area contributed by atoms with Gasteiger partial charge in [0, 0.05) is 38.1 Å². The second kappa shape index (κ2) is 7.94. The Morgan fingerprint density at radius 3 is 2.60 bits per heavy atom. The topological polar surface area (TPSA) is 45.2 Å². The lowest BCUT2D eigenvalue weighted by molar-refractivity contribution is 0.0946. The van der Waals surface area contributed by atoms with Gasteiger partial charge in [0.2, 0.25) is 0 Å². The van der Waals surface area contributed by atoms with Crippen LogP contribution in [0.5, 0.6) is 0 Å². The molecule has 0 aliphatic rings. The fraction of sp³-hybridized carbons (Fsp3) is 0.200. The van der Waals surface area contributed by atoms with Crippen LogP contribution in [0.4, 0.5) is 5.69 Å². The lowest BCUT2D eigenvalue weighted by Gasteiger charge is -2.13. The van der Waals surface area contributed by atoms with Gasteiger partial charge in [-0.1, -0.05) is 42.5 Å². The second-order valence-electron chi connectivity index (χ2n) is 6.04. The van der Waals surface area contributed by atoms with E-state index in [0.717, 1.165) is 22.7 Å². The molecule has 0 radical (unpaired) electrons. The van der Waals surface area contributed by atoms with Crippen LogP contribution in [0.15, 0.2) is 60.0 Å². The Bertz CT molecular complexity index is 843. The average molecular weight is 351 g/mol. The number of nitrogens with zero attached hydrogens (tertiary/aromatic N) is 2. The van der Waals surface area contributed by atoms with Gasteiger partial charge in [0.15, 0.2) is 0 Å². The van der Waals surface area contributed by atoms with Crippen LogP contribution in [-0.4, -0.2) is 25.0 Å². The van der Waals surface area contributed by atoms with E-state index in [1.165, 1.54) is 16.9 Å². The third kappa shape index (κ3) is 4.67. The molecular formula is C20H21N3OS. The average Bonchev–Trinajstić information content (AvgIpc) is 3.09. The molecule has 0 unspecified atom stereocenters. The fourth-order valence-corrected chi connectivity index (χ4v) is 3.29. The van der Waals surface area contributed by atoms with Gasteiger partial charge in [0.05, 0.1) is 5.01 Å². The van der Waals surface area contributed by atoms with Crippen LogP contribution in [-0.2, 0) is 13.0 Å². The highest BCUT2D eigenvalue weighted by atomic mass is 32.1. The number of nitrogens with one attached hydrogen (secondary N) is 1. The fourth-order valence-electron chi connectivity index (χ4n) is 2.48. The summed E-state index contributed by atoms with van der Waals surface area (Å²) >= 11 is 1.52. The Morgan fingerprint density at radius 1 is 1.08 bits per heavy atom. The Kier molecular flexibility index (Phi) is 5.46. The molecule has 3 aromatic rings. The molecule has 4 nitrogen and oxygen atoms in total. The summed E-state index contributed by atoms with van der Waals surface area (Å²) in [4.78, 5) is 18.8. The zero-order valence-electron chi connectivity index (χ0n) is 14.4. The smallest absolute Gasteiger partial charge is 0.271 e. The number of amides is 1. The summed E-state index contributed by atoms with van der Waals surface area (Å²) < 4.78 is 0. The first-order chi connectivity index (χ1) is 12.1. The van der Waals surface area contributed by atoms with Crippen LogP contribution >= 0.6 is 11.3 Å². The molecule has 3 rings (SSSR count). The van der Waals surface area contributed by atoms with Crippen molar-refractivity contribution in [1.82, 2.24) is 10.3 Å². The van der Waals surface area contributed by atoms with Crippen molar-refractivity contribution < 1.29 is 4.79 Å². The van der Waals surface area contributed by atoms with Crippen LogP contribution in [0.3, 0.4) is 0 Å². The Labute approximate surface area is 152 Å². The predicted octanol–water partition coefficient (Wildman–Crippen LogP) is 3.73. The molecule has 0 saturated heterocycles. The van der Waals surface area contributed by atoms with Crippen LogP contribution in [0.25, 0.3) is 0 Å². The van der Waals surface area contributed by atoms with Crippen LogP contribution in [0.1, 0.15) is 26.6 Å². The van der Waals surface area contributed by atoms with Gasteiger partial charge in [-0.15, -0.1) is 11.3 Å². The molecule has 1 amide bonds. The Morgan fingerprint density at radius 2 is 1.84 bits per heavy atom. The SMILES string of the molecule is CN(C)c1cccc(CNC(=O)c2csc(Cc3ccccc3)n2)c1. The molecule has 0 atom stereocenters. The standard InChI is InChI=1S/C20H21N3OS/c1-23(2)17-10-6-9-16(11-17)13-21-20(24)18-14-25-19(22-18)12-15-7-4-3-5-8-15/h3-11,14H,12-13H2,1-2H3,(H,21,24). The molecule has 0 bridgehead atoms. The minimum absolute atomic E-state index is 0.134. The highest BCUT2D eigenvalue weighted by molar-refractivity contribution is 7.09. The van der Waals surface area contributed by atoms with Crippen molar-refractivity contribution in [2.24, 2.45) is 0 Å². The van der Waals surface area contributed by atoms with Gasteiger partial charge >= 0.3 is 0 Å². The van der Waals surface area contributed by atoms with Crippen molar-refractivity contribution in [3.63, 3.8) is 0 Å². The Hall–Kier alpha value is -2.66. The van der Waals surface area contributed by atoms with Crippen molar-refractivity contribution in [1.29, 1.82) is 0 Å². The predicted molar refractivity (Wildman–Crippen MR) is 103 cm³/mol. The zero-order chi connectivity index (χ0) is 17.6. The number of carbonyl (C=O) groups is 1. The normalized spacial score (nSPS) is 10.5. The van der Waals surface area contributed by atoms with Gasteiger partial charge in [-0.25, -0.2) is 4.98 Å². The van der Waals surface area contributed by atoms with Gasteiger partial charge in [-0.3, -0.25) is 4.79 Å². The van der Waals surface area contributed by atoms with E-state index < -0.39 is 0 Å². The van der Waals surface area contributed by atoms with E-state index in [1.807, 2.05) is 60.8 Å². The van der Waals surface area contributed by atoms with Gasteiger partial charge in [0.25, 0.3) is 5.91 Å². The monoisotopic (exact) mass is 351 g/mol. The maximum absolute atomic E-state index is 12.3. The summed E-state index contributed by atoms with van der Waals surface area (Å²) in [5, 5.41) is 5.72. The largest absolute Gasteiger partial charge is 0.378 e. The number of anilines is 1. The third-order valence-electron chi connectivity index (χ3n) is 3.86. The maximum atomic E-state index is 12.3. The summed E-state index contributed by atoms with van der Waals surface area (Å²) in [5.74, 6) is -0.134. The molecule has 0 spiro atoms. The molecule has 128 valence electrons. The van der Waals surface area contributed by atoms with E-state index in [2.05, 4.69) is 28.5 Å². The first-order valence-electron chi connectivity index (χ1n) is 8.14. The highest BCUT2D eigenvalue weighted by Crippen LogP contribution is 2.16. The molecule has 1 aromatic heterocycles. The molecular weight excluding hydrogens is 330 g/mol.